The fourth-order valence-corrected chi connectivity index (χ4v) is 2.12. The second-order valence-electron chi connectivity index (χ2n) is 4.79. The molecule has 2 rings (SSSR count). The van der Waals surface area contributed by atoms with Crippen molar-refractivity contribution in [2.24, 2.45) is 0 Å². The van der Waals surface area contributed by atoms with Gasteiger partial charge in [-0.2, -0.15) is 4.57 Å². The lowest BCUT2D eigenvalue weighted by molar-refractivity contribution is -0.684. The van der Waals surface area contributed by atoms with Crippen molar-refractivity contribution in [1.29, 1.82) is 0 Å². The monoisotopic (exact) mass is 334 g/mol. The maximum absolute atomic E-state index is 12.1. The molecule has 2 aromatic rings. The summed E-state index contributed by atoms with van der Waals surface area (Å²) in [7, 11) is 0. The Balaban J connectivity index is 2.17. The van der Waals surface area contributed by atoms with Crippen LogP contribution in [0.3, 0.4) is 0 Å². The minimum Gasteiger partial charge on any atom is -0.315 e. The molecule has 0 saturated heterocycles. The smallest absolute Gasteiger partial charge is 0.292 e. The van der Waals surface area contributed by atoms with Gasteiger partial charge < -0.3 is 5.32 Å². The summed E-state index contributed by atoms with van der Waals surface area (Å²) in [4.78, 5) is 33.8. The summed E-state index contributed by atoms with van der Waals surface area (Å²) in [5, 5.41) is 13.7. The summed E-state index contributed by atoms with van der Waals surface area (Å²) in [6.45, 7) is 1.33. The molecule has 118 valence electrons. The van der Waals surface area contributed by atoms with E-state index in [0.717, 1.165) is 0 Å². The van der Waals surface area contributed by atoms with Gasteiger partial charge in [-0.05, 0) is 25.1 Å². The number of nitrogens with zero attached hydrogens (tertiary/aromatic N) is 2. The van der Waals surface area contributed by atoms with E-state index in [0.29, 0.717) is 5.56 Å². The maximum atomic E-state index is 12.1. The van der Waals surface area contributed by atoms with E-state index in [-0.39, 0.29) is 28.7 Å². The number of rotatable bonds is 5. The Labute approximate surface area is 136 Å². The molecule has 1 heterocycles. The standard InChI is InChI=1S/C15H12ClN3O4/c1-10(20)11-3-2-6-18(8-11)9-15(21)17-13-7-12(16)4-5-14(13)19(22)23/h2-8H,9H2,1H3/p+1. The van der Waals surface area contributed by atoms with Gasteiger partial charge in [0.1, 0.15) is 5.69 Å². The number of aromatic nitrogens is 1. The fraction of sp³-hybridized carbons (Fsp3) is 0.133. The van der Waals surface area contributed by atoms with Crippen LogP contribution >= 0.6 is 11.6 Å². The molecule has 1 N–H and O–H groups in total. The van der Waals surface area contributed by atoms with E-state index in [9.17, 15) is 19.7 Å². The second kappa shape index (κ2) is 6.97. The molecule has 1 amide bonds. The maximum Gasteiger partial charge on any atom is 0.292 e. The van der Waals surface area contributed by atoms with Gasteiger partial charge in [0.05, 0.1) is 10.5 Å². The van der Waals surface area contributed by atoms with Gasteiger partial charge in [0, 0.05) is 17.2 Å². The predicted molar refractivity (Wildman–Crippen MR) is 83.4 cm³/mol. The third-order valence-corrected chi connectivity index (χ3v) is 3.26. The number of nitro groups is 1. The Hall–Kier alpha value is -2.80. The van der Waals surface area contributed by atoms with Crippen LogP contribution in [-0.2, 0) is 11.3 Å². The molecule has 0 saturated carbocycles. The predicted octanol–water partition coefficient (Wildman–Crippen LogP) is 2.38. The van der Waals surface area contributed by atoms with Gasteiger partial charge in [0.25, 0.3) is 11.6 Å². The van der Waals surface area contributed by atoms with E-state index < -0.39 is 10.8 Å². The van der Waals surface area contributed by atoms with Crippen LogP contribution in [0, 0.1) is 10.1 Å². The van der Waals surface area contributed by atoms with Crippen molar-refractivity contribution in [2.75, 3.05) is 5.32 Å². The van der Waals surface area contributed by atoms with E-state index in [1.807, 2.05) is 0 Å². The first-order valence-electron chi connectivity index (χ1n) is 6.60. The number of amides is 1. The van der Waals surface area contributed by atoms with Gasteiger partial charge in [-0.15, -0.1) is 0 Å². The van der Waals surface area contributed by atoms with E-state index >= 15 is 0 Å². The van der Waals surface area contributed by atoms with Gasteiger partial charge in [-0.25, -0.2) is 0 Å². The zero-order chi connectivity index (χ0) is 17.0. The highest BCUT2D eigenvalue weighted by Crippen LogP contribution is 2.27. The van der Waals surface area contributed by atoms with Crippen LogP contribution < -0.4 is 9.88 Å². The van der Waals surface area contributed by atoms with Crippen LogP contribution in [0.1, 0.15) is 17.3 Å². The number of Topliss-reactive ketones (excluding diaryl/α,β-unsaturated/α-hetero) is 1. The average Bonchev–Trinajstić information content (AvgIpc) is 2.47. The molecule has 0 aliphatic heterocycles. The zero-order valence-electron chi connectivity index (χ0n) is 12.2. The molecule has 0 bridgehead atoms. The first-order valence-corrected chi connectivity index (χ1v) is 6.98. The molecule has 0 fully saturated rings. The Morgan fingerprint density at radius 1 is 1.35 bits per heavy atom. The van der Waals surface area contributed by atoms with Gasteiger partial charge in [-0.3, -0.25) is 19.7 Å². The number of nitro benzene ring substituents is 1. The highest BCUT2D eigenvalue weighted by Gasteiger charge is 2.18. The highest BCUT2D eigenvalue weighted by atomic mass is 35.5. The first-order chi connectivity index (χ1) is 10.9. The number of hydrogen-bond donors (Lipinski definition) is 1. The van der Waals surface area contributed by atoms with Crippen molar-refractivity contribution in [3.63, 3.8) is 0 Å². The van der Waals surface area contributed by atoms with Crippen LogP contribution in [0.5, 0.6) is 0 Å². The minimum atomic E-state index is -0.602. The third kappa shape index (κ3) is 4.33. The van der Waals surface area contributed by atoms with Crippen molar-refractivity contribution in [3.05, 3.63) is 63.4 Å². The van der Waals surface area contributed by atoms with Crippen LogP contribution in [-0.4, -0.2) is 16.6 Å². The summed E-state index contributed by atoms with van der Waals surface area (Å²) in [6.07, 6.45) is 3.16. The molecule has 1 aromatic heterocycles. The molecule has 0 aliphatic carbocycles. The largest absolute Gasteiger partial charge is 0.315 e. The van der Waals surface area contributed by atoms with Crippen molar-refractivity contribution >= 4 is 34.7 Å². The van der Waals surface area contributed by atoms with Crippen molar-refractivity contribution in [1.82, 2.24) is 0 Å². The summed E-state index contributed by atoms with van der Waals surface area (Å²) < 4.78 is 1.52. The Kier molecular flexibility index (Phi) is 5.02. The normalized spacial score (nSPS) is 10.2. The summed E-state index contributed by atoms with van der Waals surface area (Å²) in [6, 6.07) is 7.19. The zero-order valence-corrected chi connectivity index (χ0v) is 12.9. The van der Waals surface area contributed by atoms with Crippen LogP contribution in [0.25, 0.3) is 0 Å². The summed E-state index contributed by atoms with van der Waals surface area (Å²) in [5.41, 5.74) is 0.245. The van der Waals surface area contributed by atoms with Crippen LogP contribution in [0.15, 0.2) is 42.7 Å². The topological polar surface area (TPSA) is 93.2 Å². The average molecular weight is 335 g/mol. The van der Waals surface area contributed by atoms with Crippen molar-refractivity contribution in [2.45, 2.75) is 13.5 Å². The minimum absolute atomic E-state index is 0.0239. The number of carbonyl (C=O) groups excluding carboxylic acids is 2. The lowest BCUT2D eigenvalue weighted by Crippen LogP contribution is -2.40. The molecule has 1 aromatic carbocycles. The molecular formula is C15H13ClN3O4+. The molecule has 7 nitrogen and oxygen atoms in total. The van der Waals surface area contributed by atoms with E-state index in [1.165, 1.54) is 35.9 Å². The number of ketones is 1. The van der Waals surface area contributed by atoms with Gasteiger partial charge in [0.2, 0.25) is 6.54 Å². The molecule has 0 unspecified atom stereocenters. The lowest BCUT2D eigenvalue weighted by Gasteiger charge is -2.05. The molecule has 0 radical (unpaired) electrons. The SMILES string of the molecule is CC(=O)c1ccc[n+](CC(=O)Nc2cc(Cl)ccc2[N+](=O)[O-])c1. The number of nitrogens with one attached hydrogen (secondary N) is 1. The van der Waals surface area contributed by atoms with Crippen molar-refractivity contribution < 1.29 is 19.1 Å². The lowest BCUT2D eigenvalue weighted by atomic mass is 10.2. The number of hydrogen-bond acceptors (Lipinski definition) is 4. The Bertz CT molecular complexity index is 792. The number of carbonyl (C=O) groups is 2. The number of anilines is 1. The molecular weight excluding hydrogens is 322 g/mol. The first kappa shape index (κ1) is 16.6. The Morgan fingerprint density at radius 3 is 2.74 bits per heavy atom. The molecule has 8 heteroatoms. The fourth-order valence-electron chi connectivity index (χ4n) is 1.95. The van der Waals surface area contributed by atoms with E-state index in [1.54, 1.807) is 18.3 Å². The van der Waals surface area contributed by atoms with E-state index in [2.05, 4.69) is 5.32 Å². The number of halogens is 1. The molecule has 23 heavy (non-hydrogen) atoms. The van der Waals surface area contributed by atoms with E-state index in [4.69, 9.17) is 11.6 Å². The quantitative estimate of drug-likeness (QED) is 0.393. The van der Waals surface area contributed by atoms with Crippen LogP contribution in [0.2, 0.25) is 5.02 Å². The molecule has 0 aliphatic rings. The van der Waals surface area contributed by atoms with Gasteiger partial charge >= 0.3 is 0 Å². The van der Waals surface area contributed by atoms with Crippen molar-refractivity contribution in [3.8, 4) is 0 Å². The third-order valence-electron chi connectivity index (χ3n) is 3.02. The molecule has 0 atom stereocenters. The van der Waals surface area contributed by atoms with Gasteiger partial charge in [-0.1, -0.05) is 11.6 Å². The van der Waals surface area contributed by atoms with Gasteiger partial charge in [0.15, 0.2) is 18.2 Å². The highest BCUT2D eigenvalue weighted by molar-refractivity contribution is 6.31. The number of benzene rings is 1. The van der Waals surface area contributed by atoms with Crippen LogP contribution in [0.4, 0.5) is 11.4 Å². The second-order valence-corrected chi connectivity index (χ2v) is 5.22. The Morgan fingerprint density at radius 2 is 2.09 bits per heavy atom. The summed E-state index contributed by atoms with van der Waals surface area (Å²) >= 11 is 5.80. The number of pyridine rings is 1. The summed E-state index contributed by atoms with van der Waals surface area (Å²) in [5.74, 6) is -0.591. The molecule has 0 spiro atoms.